The Labute approximate surface area is 362 Å². The summed E-state index contributed by atoms with van der Waals surface area (Å²) in [7, 11) is 0. The summed E-state index contributed by atoms with van der Waals surface area (Å²) < 4.78 is 2.41. The number of benzene rings is 10. The maximum Gasteiger partial charge on any atom is 0.0541 e. The third-order valence-electron chi connectivity index (χ3n) is 12.0. The van der Waals surface area contributed by atoms with Gasteiger partial charge >= 0.3 is 0 Å². The van der Waals surface area contributed by atoms with Crippen LogP contribution >= 0.6 is 0 Å². The normalized spacial score (nSPS) is 11.2. The van der Waals surface area contributed by atoms with Gasteiger partial charge in [-0.2, -0.15) is 0 Å². The summed E-state index contributed by atoms with van der Waals surface area (Å²) in [6.45, 7) is 0. The predicted octanol–water partition coefficient (Wildman–Crippen LogP) is 16.6. The third kappa shape index (κ3) is 7.04. The number of aromatic nitrogens is 1. The van der Waals surface area contributed by atoms with Gasteiger partial charge in [0.2, 0.25) is 0 Å². The lowest BCUT2D eigenvalue weighted by Crippen LogP contribution is -2.10. The Morgan fingerprint density at radius 2 is 0.581 bits per heavy atom. The van der Waals surface area contributed by atoms with Gasteiger partial charge in [-0.1, -0.05) is 188 Å². The van der Waals surface area contributed by atoms with E-state index in [1.807, 2.05) is 0 Å². The molecule has 0 aliphatic heterocycles. The first-order valence-electron chi connectivity index (χ1n) is 21.2. The zero-order valence-electron chi connectivity index (χ0n) is 34.1. The van der Waals surface area contributed by atoms with Gasteiger partial charge < -0.3 is 9.47 Å². The number of rotatable bonds is 9. The summed E-state index contributed by atoms with van der Waals surface area (Å²) >= 11 is 0. The minimum absolute atomic E-state index is 1.08. The maximum absolute atomic E-state index is 2.41. The van der Waals surface area contributed by atoms with Gasteiger partial charge in [0.05, 0.1) is 11.0 Å². The van der Waals surface area contributed by atoms with Crippen LogP contribution in [0, 0.1) is 0 Å². The first-order chi connectivity index (χ1) is 30.7. The SMILES string of the molecule is c1ccc(-c2ccc(-c3ccc(N(c4ccc(-c5cc(-c6ccccc6)cc(-n6c7ccccc7c7ccccc76)c5)cc4)c4cccc(-c5ccccc5)c4)cc3)cc2)cc1. The highest BCUT2D eigenvalue weighted by atomic mass is 15.1. The fourth-order valence-corrected chi connectivity index (χ4v) is 8.90. The van der Waals surface area contributed by atoms with Crippen molar-refractivity contribution < 1.29 is 0 Å². The Kier molecular flexibility index (Phi) is 9.57. The summed E-state index contributed by atoms with van der Waals surface area (Å²) in [6.07, 6.45) is 0. The van der Waals surface area contributed by atoms with Crippen LogP contribution in [-0.2, 0) is 0 Å². The van der Waals surface area contributed by atoms with Crippen molar-refractivity contribution in [2.75, 3.05) is 4.90 Å². The molecule has 62 heavy (non-hydrogen) atoms. The van der Waals surface area contributed by atoms with Gasteiger partial charge in [-0.05, 0) is 122 Å². The molecule has 0 saturated carbocycles. The van der Waals surface area contributed by atoms with E-state index >= 15 is 0 Å². The second-order valence-electron chi connectivity index (χ2n) is 15.8. The largest absolute Gasteiger partial charge is 0.310 e. The van der Waals surface area contributed by atoms with E-state index in [2.05, 4.69) is 264 Å². The van der Waals surface area contributed by atoms with E-state index in [0.29, 0.717) is 0 Å². The zero-order valence-corrected chi connectivity index (χ0v) is 34.1. The van der Waals surface area contributed by atoms with Crippen molar-refractivity contribution in [2.45, 2.75) is 0 Å². The van der Waals surface area contributed by atoms with Crippen molar-refractivity contribution in [3.8, 4) is 61.3 Å². The van der Waals surface area contributed by atoms with E-state index in [0.717, 1.165) is 33.9 Å². The lowest BCUT2D eigenvalue weighted by Gasteiger charge is -2.26. The first-order valence-corrected chi connectivity index (χ1v) is 21.2. The Morgan fingerprint density at radius 1 is 0.226 bits per heavy atom. The fraction of sp³-hybridized carbons (Fsp3) is 0. The summed E-state index contributed by atoms with van der Waals surface area (Å²) in [5.74, 6) is 0. The molecule has 1 aromatic heterocycles. The van der Waals surface area contributed by atoms with Crippen LogP contribution in [0.4, 0.5) is 17.1 Å². The van der Waals surface area contributed by atoms with Crippen LogP contribution in [0.1, 0.15) is 0 Å². The topological polar surface area (TPSA) is 8.17 Å². The highest BCUT2D eigenvalue weighted by molar-refractivity contribution is 6.09. The van der Waals surface area contributed by atoms with Gasteiger partial charge in [0, 0.05) is 33.5 Å². The summed E-state index contributed by atoms with van der Waals surface area (Å²) in [5.41, 5.74) is 18.7. The van der Waals surface area contributed by atoms with Gasteiger partial charge in [-0.25, -0.2) is 0 Å². The van der Waals surface area contributed by atoms with Crippen molar-refractivity contribution in [3.63, 3.8) is 0 Å². The summed E-state index contributed by atoms with van der Waals surface area (Å²) in [4.78, 5) is 2.36. The molecular weight excluding hydrogens is 749 g/mol. The minimum Gasteiger partial charge on any atom is -0.310 e. The molecule has 0 unspecified atom stereocenters. The minimum atomic E-state index is 1.08. The number of hydrogen-bond acceptors (Lipinski definition) is 1. The average Bonchev–Trinajstić information content (AvgIpc) is 3.70. The van der Waals surface area contributed by atoms with Gasteiger partial charge in [-0.15, -0.1) is 0 Å². The smallest absolute Gasteiger partial charge is 0.0541 e. The molecule has 0 atom stereocenters. The van der Waals surface area contributed by atoms with Gasteiger partial charge in [0.15, 0.2) is 0 Å². The lowest BCUT2D eigenvalue weighted by atomic mass is 9.97. The number of hydrogen-bond donors (Lipinski definition) is 0. The number of fused-ring (bicyclic) bond motifs is 3. The Hall–Kier alpha value is -8.20. The highest BCUT2D eigenvalue weighted by Gasteiger charge is 2.17. The molecule has 0 saturated heterocycles. The number of nitrogens with zero attached hydrogens (tertiary/aromatic N) is 2. The molecule has 0 aliphatic rings. The molecule has 11 aromatic rings. The van der Waals surface area contributed by atoms with Crippen LogP contribution in [0.15, 0.2) is 255 Å². The molecular formula is C60H42N2. The van der Waals surface area contributed by atoms with Gasteiger partial charge in [0.25, 0.3) is 0 Å². The standard InChI is InChI=1S/C60H42N2/c1-4-15-43(16-5-1)46-27-29-47(30-28-46)48-31-35-53(36-32-48)61(55-22-14-21-50(40-55)44-17-6-2-7-18-44)54-37-33-49(34-38-54)52-39-51(45-19-8-3-9-20-45)41-56(42-52)62-59-25-12-10-23-57(59)58-24-11-13-26-60(58)62/h1-42H. The third-order valence-corrected chi connectivity index (χ3v) is 12.0. The summed E-state index contributed by atoms with van der Waals surface area (Å²) in [5, 5.41) is 2.51. The Bertz CT molecular complexity index is 3240. The Balaban J connectivity index is 0.999. The molecule has 2 nitrogen and oxygen atoms in total. The van der Waals surface area contributed by atoms with Crippen molar-refractivity contribution in [3.05, 3.63) is 255 Å². The molecule has 1 heterocycles. The van der Waals surface area contributed by atoms with Crippen LogP contribution in [0.2, 0.25) is 0 Å². The van der Waals surface area contributed by atoms with Gasteiger partial charge in [0.1, 0.15) is 0 Å². The molecule has 11 rings (SSSR count). The van der Waals surface area contributed by atoms with Crippen molar-refractivity contribution >= 4 is 38.9 Å². The van der Waals surface area contributed by atoms with E-state index in [4.69, 9.17) is 0 Å². The van der Waals surface area contributed by atoms with Crippen LogP contribution in [0.5, 0.6) is 0 Å². The highest BCUT2D eigenvalue weighted by Crippen LogP contribution is 2.40. The second kappa shape index (κ2) is 16.1. The van der Waals surface area contributed by atoms with Gasteiger partial charge in [-0.3, -0.25) is 0 Å². The molecule has 0 amide bonds. The van der Waals surface area contributed by atoms with E-state index in [9.17, 15) is 0 Å². The van der Waals surface area contributed by atoms with Crippen LogP contribution < -0.4 is 4.90 Å². The molecule has 0 aliphatic carbocycles. The van der Waals surface area contributed by atoms with E-state index in [1.165, 1.54) is 66.3 Å². The monoisotopic (exact) mass is 790 g/mol. The predicted molar refractivity (Wildman–Crippen MR) is 263 cm³/mol. The first kappa shape index (κ1) is 36.8. The molecule has 0 spiro atoms. The van der Waals surface area contributed by atoms with Crippen LogP contribution in [0.25, 0.3) is 83.1 Å². The molecule has 292 valence electrons. The molecule has 10 aromatic carbocycles. The van der Waals surface area contributed by atoms with Crippen molar-refractivity contribution in [1.82, 2.24) is 4.57 Å². The lowest BCUT2D eigenvalue weighted by molar-refractivity contribution is 1.18. The Morgan fingerprint density at radius 3 is 1.06 bits per heavy atom. The van der Waals surface area contributed by atoms with E-state index < -0.39 is 0 Å². The van der Waals surface area contributed by atoms with Crippen molar-refractivity contribution in [2.24, 2.45) is 0 Å². The molecule has 0 N–H and O–H groups in total. The average molecular weight is 791 g/mol. The maximum atomic E-state index is 2.41. The molecule has 2 heteroatoms. The quantitative estimate of drug-likeness (QED) is 0.141. The van der Waals surface area contributed by atoms with Crippen LogP contribution in [-0.4, -0.2) is 4.57 Å². The fourth-order valence-electron chi connectivity index (χ4n) is 8.90. The number of para-hydroxylation sites is 2. The second-order valence-corrected chi connectivity index (χ2v) is 15.8. The van der Waals surface area contributed by atoms with E-state index in [-0.39, 0.29) is 0 Å². The molecule has 0 radical (unpaired) electrons. The zero-order chi connectivity index (χ0) is 41.2. The summed E-state index contributed by atoms with van der Waals surface area (Å²) in [6, 6.07) is 92.1. The van der Waals surface area contributed by atoms with Crippen LogP contribution in [0.3, 0.4) is 0 Å². The van der Waals surface area contributed by atoms with E-state index in [1.54, 1.807) is 0 Å². The number of anilines is 3. The molecule has 0 fully saturated rings. The van der Waals surface area contributed by atoms with Crippen molar-refractivity contribution in [1.29, 1.82) is 0 Å². The molecule has 0 bridgehead atoms.